The molecular weight excluding hydrogens is 473 g/mol. The Morgan fingerprint density at radius 2 is 1.68 bits per heavy atom. The van der Waals surface area contributed by atoms with Crippen LogP contribution in [0.3, 0.4) is 0 Å². The fourth-order valence-corrected chi connectivity index (χ4v) is 5.45. The lowest BCUT2D eigenvalue weighted by molar-refractivity contribution is 0.0956. The Labute approximate surface area is 202 Å². The zero-order chi connectivity index (χ0) is 24.3. The second kappa shape index (κ2) is 10.0. The van der Waals surface area contributed by atoms with Crippen LogP contribution in [0.15, 0.2) is 82.6 Å². The van der Waals surface area contributed by atoms with Crippen molar-refractivity contribution in [1.82, 2.24) is 14.6 Å². The summed E-state index contributed by atoms with van der Waals surface area (Å²) in [6.07, 6.45) is 0. The Bertz CT molecular complexity index is 1410. The van der Waals surface area contributed by atoms with Crippen molar-refractivity contribution in [2.75, 3.05) is 26.4 Å². The third-order valence-electron chi connectivity index (χ3n) is 5.32. The second-order valence-electron chi connectivity index (χ2n) is 7.80. The van der Waals surface area contributed by atoms with Crippen LogP contribution in [-0.4, -0.2) is 50.0 Å². The van der Waals surface area contributed by atoms with Crippen molar-refractivity contribution in [3.63, 3.8) is 0 Å². The minimum Gasteiger partial charge on any atom is -0.354 e. The maximum atomic E-state index is 13.4. The number of aromatic amines is 1. The summed E-state index contributed by atoms with van der Waals surface area (Å²) in [4.78, 5) is 17.1. The number of nitrogens with one attached hydrogen (secondary N) is 2. The molecule has 0 fully saturated rings. The van der Waals surface area contributed by atoms with Crippen LogP contribution in [0.1, 0.15) is 10.4 Å². The zero-order valence-electron chi connectivity index (χ0n) is 18.7. The molecule has 2 N–H and O–H groups in total. The van der Waals surface area contributed by atoms with E-state index in [1.54, 1.807) is 23.9 Å². The summed E-state index contributed by atoms with van der Waals surface area (Å²) in [6, 6.07) is 20.2. The first kappa shape index (κ1) is 24.0. The van der Waals surface area contributed by atoms with Crippen LogP contribution < -0.4 is 5.32 Å². The zero-order valence-corrected chi connectivity index (χ0v) is 20.3. The van der Waals surface area contributed by atoms with E-state index in [0.717, 1.165) is 31.4 Å². The molecule has 0 saturated heterocycles. The van der Waals surface area contributed by atoms with Gasteiger partial charge in [0.2, 0.25) is 10.0 Å². The number of carbonyl (C=O) groups is 1. The van der Waals surface area contributed by atoms with Crippen LogP contribution in [0, 0.1) is 5.82 Å². The molecule has 0 bridgehead atoms. The van der Waals surface area contributed by atoms with Crippen molar-refractivity contribution in [2.45, 2.75) is 9.79 Å². The molecule has 1 amide bonds. The van der Waals surface area contributed by atoms with Crippen LogP contribution in [0.25, 0.3) is 22.2 Å². The molecule has 4 rings (SSSR count). The summed E-state index contributed by atoms with van der Waals surface area (Å²) in [6.45, 7) is 0.420. The lowest BCUT2D eigenvalue weighted by Gasteiger charge is -2.11. The summed E-state index contributed by atoms with van der Waals surface area (Å²) >= 11 is 1.60. The molecule has 176 valence electrons. The largest absolute Gasteiger partial charge is 0.354 e. The molecule has 0 unspecified atom stereocenters. The highest BCUT2D eigenvalue weighted by Crippen LogP contribution is 2.37. The third-order valence-corrected chi connectivity index (χ3v) is 8.27. The molecule has 1 aromatic heterocycles. The van der Waals surface area contributed by atoms with Gasteiger partial charge < -0.3 is 10.3 Å². The fraction of sp³-hybridized carbons (Fsp3) is 0.160. The molecule has 3 aromatic carbocycles. The predicted octanol–water partition coefficient (Wildman–Crippen LogP) is 4.75. The second-order valence-corrected chi connectivity index (χ2v) is 11.1. The number of hydrogen-bond acceptors (Lipinski definition) is 4. The van der Waals surface area contributed by atoms with E-state index in [-0.39, 0.29) is 16.6 Å². The summed E-state index contributed by atoms with van der Waals surface area (Å²) in [7, 11) is -0.616. The highest BCUT2D eigenvalue weighted by molar-refractivity contribution is 7.99. The number of hydrogen-bond donors (Lipinski definition) is 2. The van der Waals surface area contributed by atoms with Crippen LogP contribution in [0.2, 0.25) is 0 Å². The number of amides is 1. The smallest absolute Gasteiger partial charge is 0.251 e. The van der Waals surface area contributed by atoms with Gasteiger partial charge in [0, 0.05) is 47.8 Å². The topological polar surface area (TPSA) is 82.3 Å². The lowest BCUT2D eigenvalue weighted by atomic mass is 10.1. The van der Waals surface area contributed by atoms with Gasteiger partial charge in [0.15, 0.2) is 0 Å². The minimum absolute atomic E-state index is 0.136. The van der Waals surface area contributed by atoms with E-state index >= 15 is 0 Å². The van der Waals surface area contributed by atoms with Gasteiger partial charge in [0.1, 0.15) is 5.82 Å². The number of sulfonamides is 1. The molecule has 1 heterocycles. The number of fused-ring (bicyclic) bond motifs is 1. The molecule has 9 heteroatoms. The van der Waals surface area contributed by atoms with E-state index in [9.17, 15) is 17.6 Å². The molecule has 0 aliphatic rings. The van der Waals surface area contributed by atoms with Gasteiger partial charge in [0.25, 0.3) is 5.91 Å². The third kappa shape index (κ3) is 5.01. The molecule has 0 aliphatic heterocycles. The van der Waals surface area contributed by atoms with E-state index < -0.39 is 10.0 Å². The Hall–Kier alpha value is -3.14. The summed E-state index contributed by atoms with van der Waals surface area (Å²) < 4.78 is 38.9. The molecule has 0 radical (unpaired) electrons. The Morgan fingerprint density at radius 3 is 2.35 bits per heavy atom. The molecule has 6 nitrogen and oxygen atoms in total. The van der Waals surface area contributed by atoms with Crippen LogP contribution >= 0.6 is 11.8 Å². The van der Waals surface area contributed by atoms with Gasteiger partial charge in [-0.2, -0.15) is 0 Å². The van der Waals surface area contributed by atoms with E-state index in [1.807, 2.05) is 24.3 Å². The summed E-state index contributed by atoms with van der Waals surface area (Å²) in [5.74, 6) is 0.0608. The SMILES string of the molecule is CN(C)S(=O)(=O)c1ccc(C(=O)NCCSc2c(-c3ccc(F)cc3)[nH]c3ccccc23)cc1. The summed E-state index contributed by atoms with van der Waals surface area (Å²) in [5.41, 5.74) is 3.18. The van der Waals surface area contributed by atoms with Crippen LogP contribution in [0.4, 0.5) is 4.39 Å². The van der Waals surface area contributed by atoms with Gasteiger partial charge in [-0.25, -0.2) is 17.1 Å². The van der Waals surface area contributed by atoms with Crippen molar-refractivity contribution >= 4 is 38.6 Å². The Balaban J connectivity index is 1.43. The number of H-pyrrole nitrogens is 1. The molecule has 0 atom stereocenters. The summed E-state index contributed by atoms with van der Waals surface area (Å²) in [5, 5.41) is 3.94. The van der Waals surface area contributed by atoms with Crippen molar-refractivity contribution in [1.29, 1.82) is 0 Å². The number of para-hydroxylation sites is 1. The predicted molar refractivity (Wildman–Crippen MR) is 134 cm³/mol. The molecular formula is C25H24FN3O3S2. The van der Waals surface area contributed by atoms with E-state index in [1.165, 1.54) is 50.5 Å². The molecule has 4 aromatic rings. The molecule has 34 heavy (non-hydrogen) atoms. The van der Waals surface area contributed by atoms with E-state index in [4.69, 9.17) is 0 Å². The quantitative estimate of drug-likeness (QED) is 0.272. The molecule has 0 aliphatic carbocycles. The standard InChI is InChI=1S/C25H24FN3O3S2/c1-29(2)34(31,32)20-13-9-18(10-14-20)25(30)27-15-16-33-24-21-5-3-4-6-22(21)28-23(24)17-7-11-19(26)12-8-17/h3-14,28H,15-16H2,1-2H3,(H,27,30). The van der Waals surface area contributed by atoms with Gasteiger partial charge in [0.05, 0.1) is 10.6 Å². The average Bonchev–Trinajstić information content (AvgIpc) is 3.20. The van der Waals surface area contributed by atoms with Crippen molar-refractivity contribution < 1.29 is 17.6 Å². The van der Waals surface area contributed by atoms with Crippen molar-refractivity contribution in [3.05, 3.63) is 84.2 Å². The van der Waals surface area contributed by atoms with Crippen molar-refractivity contribution in [3.8, 4) is 11.3 Å². The first-order valence-electron chi connectivity index (χ1n) is 10.6. The number of aromatic nitrogens is 1. The van der Waals surface area contributed by atoms with Gasteiger partial charge >= 0.3 is 0 Å². The number of benzene rings is 3. The highest BCUT2D eigenvalue weighted by Gasteiger charge is 2.18. The van der Waals surface area contributed by atoms with Crippen LogP contribution in [0.5, 0.6) is 0 Å². The van der Waals surface area contributed by atoms with Crippen molar-refractivity contribution in [2.24, 2.45) is 0 Å². The van der Waals surface area contributed by atoms with E-state index in [0.29, 0.717) is 17.9 Å². The minimum atomic E-state index is -3.54. The normalized spacial score (nSPS) is 11.8. The first-order chi connectivity index (χ1) is 16.3. The number of rotatable bonds is 8. The number of nitrogens with zero attached hydrogens (tertiary/aromatic N) is 1. The molecule has 0 saturated carbocycles. The Morgan fingerprint density at radius 1 is 1.00 bits per heavy atom. The fourth-order valence-electron chi connectivity index (χ4n) is 3.49. The monoisotopic (exact) mass is 497 g/mol. The van der Waals surface area contributed by atoms with Gasteiger partial charge in [-0.05, 0) is 60.2 Å². The average molecular weight is 498 g/mol. The first-order valence-corrected chi connectivity index (χ1v) is 13.0. The van der Waals surface area contributed by atoms with E-state index in [2.05, 4.69) is 10.3 Å². The number of halogens is 1. The number of carbonyl (C=O) groups excluding carboxylic acids is 1. The Kier molecular flexibility index (Phi) is 7.06. The lowest BCUT2D eigenvalue weighted by Crippen LogP contribution is -2.26. The maximum Gasteiger partial charge on any atom is 0.251 e. The highest BCUT2D eigenvalue weighted by atomic mass is 32.2. The van der Waals surface area contributed by atoms with Crippen LogP contribution in [-0.2, 0) is 10.0 Å². The van der Waals surface area contributed by atoms with Gasteiger partial charge in [-0.3, -0.25) is 4.79 Å². The molecule has 0 spiro atoms. The maximum absolute atomic E-state index is 13.4. The van der Waals surface area contributed by atoms with Gasteiger partial charge in [-0.15, -0.1) is 11.8 Å². The van der Waals surface area contributed by atoms with Gasteiger partial charge in [-0.1, -0.05) is 18.2 Å². The number of thioether (sulfide) groups is 1.